The Bertz CT molecular complexity index is 858. The first-order valence-electron chi connectivity index (χ1n) is 7.33. The van der Waals surface area contributed by atoms with Crippen LogP contribution in [-0.2, 0) is 26.0 Å². The molecule has 2 aromatic rings. The fourth-order valence-electron chi connectivity index (χ4n) is 2.45. The van der Waals surface area contributed by atoms with Crippen molar-refractivity contribution < 1.29 is 22.7 Å². The molecule has 0 saturated heterocycles. The summed E-state index contributed by atoms with van der Waals surface area (Å²) >= 11 is 1.56. The number of benzene rings is 1. The van der Waals surface area contributed by atoms with Gasteiger partial charge in [0.05, 0.1) is 12.1 Å². The van der Waals surface area contributed by atoms with Crippen molar-refractivity contribution in [2.45, 2.75) is 17.7 Å². The Kier molecular flexibility index (Phi) is 4.68. The van der Waals surface area contributed by atoms with Crippen LogP contribution in [0.3, 0.4) is 0 Å². The molecule has 3 rings (SSSR count). The monoisotopic (exact) mass is 365 g/mol. The average Bonchev–Trinajstić information content (AvgIpc) is 3.15. The third-order valence-corrected chi connectivity index (χ3v) is 6.24. The third kappa shape index (κ3) is 3.20. The molecule has 6 nitrogen and oxygen atoms in total. The highest BCUT2D eigenvalue weighted by Crippen LogP contribution is 2.29. The summed E-state index contributed by atoms with van der Waals surface area (Å²) in [6.07, 6.45) is 0.798. The first-order valence-corrected chi connectivity index (χ1v) is 9.71. The molecule has 126 valence electrons. The minimum atomic E-state index is -3.85. The summed E-state index contributed by atoms with van der Waals surface area (Å²) in [6.45, 7) is -0.332. The molecule has 0 saturated carbocycles. The van der Waals surface area contributed by atoms with E-state index in [2.05, 4.69) is 0 Å². The molecule has 0 spiro atoms. The lowest BCUT2D eigenvalue weighted by Crippen LogP contribution is -2.33. The lowest BCUT2D eigenvalue weighted by molar-refractivity contribution is -0.143. The number of thiophene rings is 1. The zero-order valence-corrected chi connectivity index (χ0v) is 14.3. The highest BCUT2D eigenvalue weighted by molar-refractivity contribution is 7.90. The number of sulfonamides is 1. The van der Waals surface area contributed by atoms with E-state index in [9.17, 15) is 18.0 Å². The van der Waals surface area contributed by atoms with E-state index in [0.717, 1.165) is 9.87 Å². The van der Waals surface area contributed by atoms with Gasteiger partial charge in [0.25, 0.3) is 15.9 Å². The predicted molar refractivity (Wildman–Crippen MR) is 88.3 cm³/mol. The van der Waals surface area contributed by atoms with Gasteiger partial charge < -0.3 is 4.74 Å². The molecule has 0 aliphatic carbocycles. The van der Waals surface area contributed by atoms with E-state index in [-0.39, 0.29) is 30.0 Å². The van der Waals surface area contributed by atoms with Crippen LogP contribution in [-0.4, -0.2) is 37.8 Å². The first-order chi connectivity index (χ1) is 11.5. The SMILES string of the molecule is O=C(CCc1ccsc1)OCCN1C(=O)c2ccccc2S1(=O)=O. The molecule has 0 radical (unpaired) electrons. The summed E-state index contributed by atoms with van der Waals surface area (Å²) in [6, 6.07) is 7.99. The van der Waals surface area contributed by atoms with Gasteiger partial charge in [-0.05, 0) is 40.9 Å². The maximum absolute atomic E-state index is 12.3. The number of hydrogen-bond acceptors (Lipinski definition) is 6. The molecule has 0 fully saturated rings. The second kappa shape index (κ2) is 6.74. The van der Waals surface area contributed by atoms with E-state index >= 15 is 0 Å². The predicted octanol–water partition coefficient (Wildman–Crippen LogP) is 2.07. The van der Waals surface area contributed by atoms with Gasteiger partial charge in [0.2, 0.25) is 0 Å². The van der Waals surface area contributed by atoms with Crippen molar-refractivity contribution in [3.05, 3.63) is 52.2 Å². The van der Waals surface area contributed by atoms with Crippen LogP contribution < -0.4 is 0 Å². The molecule has 8 heteroatoms. The summed E-state index contributed by atoms with van der Waals surface area (Å²) < 4.78 is 30.4. The number of fused-ring (bicyclic) bond motifs is 1. The average molecular weight is 365 g/mol. The standard InChI is InChI=1S/C16H15NO5S2/c18-15(6-5-12-7-10-23-11-12)22-9-8-17-16(19)13-3-1-2-4-14(13)24(17,20)21/h1-4,7,10-11H,5-6,8-9H2. The van der Waals surface area contributed by atoms with Gasteiger partial charge in [0.15, 0.2) is 0 Å². The summed E-state index contributed by atoms with van der Waals surface area (Å²) in [5.74, 6) is -0.998. The summed E-state index contributed by atoms with van der Waals surface area (Å²) in [5, 5.41) is 3.89. The molecular weight excluding hydrogens is 350 g/mol. The first kappa shape index (κ1) is 16.7. The number of esters is 1. The van der Waals surface area contributed by atoms with Crippen LogP contribution in [0, 0.1) is 0 Å². The van der Waals surface area contributed by atoms with Gasteiger partial charge in [-0.2, -0.15) is 11.3 Å². The summed E-state index contributed by atoms with van der Waals surface area (Å²) in [7, 11) is -3.85. The Balaban J connectivity index is 1.54. The van der Waals surface area contributed by atoms with E-state index in [0.29, 0.717) is 6.42 Å². The van der Waals surface area contributed by atoms with Crippen molar-refractivity contribution in [1.29, 1.82) is 0 Å². The molecule has 0 N–H and O–H groups in total. The Morgan fingerprint density at radius 1 is 1.21 bits per heavy atom. The summed E-state index contributed by atoms with van der Waals surface area (Å²) in [5.41, 5.74) is 1.21. The van der Waals surface area contributed by atoms with E-state index in [4.69, 9.17) is 4.74 Å². The molecule has 1 amide bonds. The van der Waals surface area contributed by atoms with E-state index in [1.807, 2.05) is 16.8 Å². The van der Waals surface area contributed by atoms with E-state index in [1.54, 1.807) is 23.5 Å². The van der Waals surface area contributed by atoms with Gasteiger partial charge in [-0.25, -0.2) is 12.7 Å². The number of rotatable bonds is 6. The fraction of sp³-hybridized carbons (Fsp3) is 0.250. The topological polar surface area (TPSA) is 80.8 Å². The second-order valence-electron chi connectivity index (χ2n) is 5.23. The maximum atomic E-state index is 12.3. The molecule has 0 bridgehead atoms. The molecule has 0 unspecified atom stereocenters. The van der Waals surface area contributed by atoms with E-state index in [1.165, 1.54) is 12.1 Å². The number of carbonyl (C=O) groups is 2. The van der Waals surface area contributed by atoms with Gasteiger partial charge in [-0.1, -0.05) is 12.1 Å². The minimum absolute atomic E-state index is 0.00113. The van der Waals surface area contributed by atoms with Gasteiger partial charge in [-0.3, -0.25) is 9.59 Å². The fourth-order valence-corrected chi connectivity index (χ4v) is 4.70. The number of ether oxygens (including phenoxy) is 1. The molecular formula is C16H15NO5S2. The van der Waals surface area contributed by atoms with Crippen molar-refractivity contribution in [3.63, 3.8) is 0 Å². The zero-order chi connectivity index (χ0) is 17.2. The van der Waals surface area contributed by atoms with Crippen LogP contribution in [0.4, 0.5) is 0 Å². The largest absolute Gasteiger partial charge is 0.464 e. The van der Waals surface area contributed by atoms with E-state index < -0.39 is 21.9 Å². The quantitative estimate of drug-likeness (QED) is 0.732. The van der Waals surface area contributed by atoms with Crippen molar-refractivity contribution in [2.75, 3.05) is 13.2 Å². The highest BCUT2D eigenvalue weighted by Gasteiger charge is 2.40. The van der Waals surface area contributed by atoms with Gasteiger partial charge in [0.1, 0.15) is 11.5 Å². The molecule has 1 aromatic heterocycles. The number of carbonyl (C=O) groups excluding carboxylic acids is 2. The molecule has 1 aliphatic rings. The smallest absolute Gasteiger partial charge is 0.306 e. The van der Waals surface area contributed by atoms with Crippen LogP contribution in [0.5, 0.6) is 0 Å². The van der Waals surface area contributed by atoms with Crippen LogP contribution in [0.25, 0.3) is 0 Å². The van der Waals surface area contributed by atoms with Gasteiger partial charge in [-0.15, -0.1) is 0 Å². The lowest BCUT2D eigenvalue weighted by atomic mass is 10.2. The van der Waals surface area contributed by atoms with Crippen molar-refractivity contribution in [2.24, 2.45) is 0 Å². The molecule has 24 heavy (non-hydrogen) atoms. The lowest BCUT2D eigenvalue weighted by Gasteiger charge is -2.14. The van der Waals surface area contributed by atoms with Crippen LogP contribution in [0.1, 0.15) is 22.3 Å². The van der Waals surface area contributed by atoms with Crippen molar-refractivity contribution in [1.82, 2.24) is 4.31 Å². The number of hydrogen-bond donors (Lipinski definition) is 0. The van der Waals surface area contributed by atoms with Gasteiger partial charge in [0, 0.05) is 6.42 Å². The normalized spacial score (nSPS) is 15.3. The Hall–Kier alpha value is -2.19. The van der Waals surface area contributed by atoms with Gasteiger partial charge >= 0.3 is 5.97 Å². The Morgan fingerprint density at radius 2 is 2.00 bits per heavy atom. The molecule has 1 aliphatic heterocycles. The molecule has 0 atom stereocenters. The molecule has 1 aromatic carbocycles. The van der Waals surface area contributed by atoms with Crippen molar-refractivity contribution in [3.8, 4) is 0 Å². The Morgan fingerprint density at radius 3 is 2.71 bits per heavy atom. The van der Waals surface area contributed by atoms with Crippen LogP contribution in [0.2, 0.25) is 0 Å². The van der Waals surface area contributed by atoms with Crippen molar-refractivity contribution >= 4 is 33.2 Å². The Labute approximate surface area is 143 Å². The summed E-state index contributed by atoms with van der Waals surface area (Å²) in [4.78, 5) is 23.9. The van der Waals surface area contributed by atoms with Crippen LogP contribution in [0.15, 0.2) is 46.0 Å². The highest BCUT2D eigenvalue weighted by atomic mass is 32.2. The minimum Gasteiger partial charge on any atom is -0.464 e. The van der Waals surface area contributed by atoms with Crippen LogP contribution >= 0.6 is 11.3 Å². The number of aryl methyl sites for hydroxylation is 1. The second-order valence-corrected chi connectivity index (χ2v) is 7.84. The number of amides is 1. The third-order valence-electron chi connectivity index (χ3n) is 3.67. The zero-order valence-electron chi connectivity index (χ0n) is 12.7. The maximum Gasteiger partial charge on any atom is 0.306 e. The number of nitrogens with zero attached hydrogens (tertiary/aromatic N) is 1. The molecule has 2 heterocycles.